The molecule has 2 rings (SSSR count). The molecule has 0 aliphatic carbocycles. The minimum Gasteiger partial charge on any atom is -0.464 e. The molecule has 21 heavy (non-hydrogen) atoms. The van der Waals surface area contributed by atoms with E-state index < -0.39 is 6.04 Å². The van der Waals surface area contributed by atoms with E-state index in [2.05, 4.69) is 4.98 Å². The summed E-state index contributed by atoms with van der Waals surface area (Å²) in [5, 5.41) is 0.407. The van der Waals surface area contributed by atoms with E-state index in [1.165, 1.54) is 17.0 Å². The summed E-state index contributed by atoms with van der Waals surface area (Å²) < 4.78 is 5.04. The number of hydrogen-bond donors (Lipinski definition) is 0. The van der Waals surface area contributed by atoms with Crippen molar-refractivity contribution in [2.45, 2.75) is 32.2 Å². The summed E-state index contributed by atoms with van der Waals surface area (Å²) in [4.78, 5) is 30.1. The van der Waals surface area contributed by atoms with Gasteiger partial charge < -0.3 is 9.64 Å². The van der Waals surface area contributed by atoms with Gasteiger partial charge in [-0.3, -0.25) is 4.79 Å². The lowest BCUT2D eigenvalue weighted by Crippen LogP contribution is -2.49. The van der Waals surface area contributed by atoms with Gasteiger partial charge in [0, 0.05) is 6.54 Å². The van der Waals surface area contributed by atoms with Crippen LogP contribution < -0.4 is 0 Å². The van der Waals surface area contributed by atoms with Gasteiger partial charge in [0.2, 0.25) is 0 Å². The van der Waals surface area contributed by atoms with Gasteiger partial charge in [0.25, 0.3) is 5.91 Å². The van der Waals surface area contributed by atoms with E-state index in [9.17, 15) is 9.59 Å². The fraction of sp³-hybridized carbons (Fsp3) is 0.500. The van der Waals surface area contributed by atoms with Crippen molar-refractivity contribution in [3.8, 4) is 0 Å². The third kappa shape index (κ3) is 3.66. The zero-order valence-corrected chi connectivity index (χ0v) is 13.2. The van der Waals surface area contributed by atoms with Crippen LogP contribution in [0.3, 0.4) is 0 Å². The van der Waals surface area contributed by atoms with Gasteiger partial charge in [-0.1, -0.05) is 23.2 Å². The second-order valence-electron chi connectivity index (χ2n) is 4.73. The smallest absolute Gasteiger partial charge is 0.328 e. The van der Waals surface area contributed by atoms with Gasteiger partial charge in [-0.25, -0.2) is 9.78 Å². The SMILES string of the molecule is CCOC(=O)C1CCCCN1C(=O)c1nc(Cl)ccc1Cl. The molecule has 7 heteroatoms. The molecule has 1 aromatic heterocycles. The number of esters is 1. The second-order valence-corrected chi connectivity index (χ2v) is 5.52. The molecule has 5 nitrogen and oxygen atoms in total. The molecule has 1 fully saturated rings. The fourth-order valence-electron chi connectivity index (χ4n) is 2.36. The molecule has 1 aromatic rings. The van der Waals surface area contributed by atoms with Gasteiger partial charge in [0.05, 0.1) is 11.6 Å². The van der Waals surface area contributed by atoms with Crippen LogP contribution in [0.1, 0.15) is 36.7 Å². The number of hydrogen-bond acceptors (Lipinski definition) is 4. The molecule has 1 saturated heterocycles. The zero-order chi connectivity index (χ0) is 15.4. The predicted molar refractivity (Wildman–Crippen MR) is 79.6 cm³/mol. The number of aromatic nitrogens is 1. The molecule has 0 bridgehead atoms. The van der Waals surface area contributed by atoms with Crippen LogP contribution in [0.4, 0.5) is 0 Å². The first-order valence-corrected chi connectivity index (χ1v) is 7.59. The Morgan fingerprint density at radius 3 is 2.86 bits per heavy atom. The Morgan fingerprint density at radius 1 is 1.38 bits per heavy atom. The third-order valence-corrected chi connectivity index (χ3v) is 3.85. The number of likely N-dealkylation sites (tertiary alicyclic amines) is 1. The van der Waals surface area contributed by atoms with Gasteiger partial charge in [-0.15, -0.1) is 0 Å². The van der Waals surface area contributed by atoms with Crippen LogP contribution in [0.25, 0.3) is 0 Å². The topological polar surface area (TPSA) is 59.5 Å². The van der Waals surface area contributed by atoms with E-state index in [-0.39, 0.29) is 34.4 Å². The quantitative estimate of drug-likeness (QED) is 0.631. The van der Waals surface area contributed by atoms with Crippen molar-refractivity contribution >= 4 is 35.1 Å². The standard InChI is InChI=1S/C14H16Cl2N2O3/c1-2-21-14(20)10-5-3-4-8-18(10)13(19)12-9(15)6-7-11(16)17-12/h6-7,10H,2-5,8H2,1H3. The Bertz CT molecular complexity index is 551. The maximum Gasteiger partial charge on any atom is 0.328 e. The lowest BCUT2D eigenvalue weighted by Gasteiger charge is -2.33. The largest absolute Gasteiger partial charge is 0.464 e. The van der Waals surface area contributed by atoms with Crippen LogP contribution >= 0.6 is 23.2 Å². The maximum absolute atomic E-state index is 12.6. The first kappa shape index (κ1) is 16.0. The number of halogens is 2. The van der Waals surface area contributed by atoms with Crippen molar-refractivity contribution in [1.82, 2.24) is 9.88 Å². The summed E-state index contributed by atoms with van der Waals surface area (Å²) in [6.45, 7) is 2.50. The van der Waals surface area contributed by atoms with E-state index in [0.717, 1.165) is 12.8 Å². The first-order chi connectivity index (χ1) is 10.0. The Morgan fingerprint density at radius 2 is 2.14 bits per heavy atom. The molecule has 1 aliphatic heterocycles. The summed E-state index contributed by atoms with van der Waals surface area (Å²) in [6, 6.07) is 2.45. The first-order valence-electron chi connectivity index (χ1n) is 6.84. The van der Waals surface area contributed by atoms with Gasteiger partial charge in [-0.2, -0.15) is 0 Å². The van der Waals surface area contributed by atoms with Crippen molar-refractivity contribution in [3.63, 3.8) is 0 Å². The summed E-state index contributed by atoms with van der Waals surface area (Å²) in [5.74, 6) is -0.774. The monoisotopic (exact) mass is 330 g/mol. The molecule has 0 radical (unpaired) electrons. The molecular weight excluding hydrogens is 315 g/mol. The summed E-state index contributed by atoms with van der Waals surface area (Å²) >= 11 is 11.8. The molecule has 1 amide bonds. The number of nitrogens with zero attached hydrogens (tertiary/aromatic N) is 2. The number of amides is 1. The van der Waals surface area contributed by atoms with E-state index in [4.69, 9.17) is 27.9 Å². The molecule has 114 valence electrons. The molecule has 1 aliphatic rings. The van der Waals surface area contributed by atoms with E-state index in [1.807, 2.05) is 0 Å². The Hall–Kier alpha value is -1.33. The number of carbonyl (C=O) groups excluding carboxylic acids is 2. The fourth-order valence-corrected chi connectivity index (χ4v) is 2.70. The summed E-state index contributed by atoms with van der Waals surface area (Å²) in [7, 11) is 0. The van der Waals surface area contributed by atoms with Crippen molar-refractivity contribution in [1.29, 1.82) is 0 Å². The summed E-state index contributed by atoms with van der Waals surface area (Å²) in [5.41, 5.74) is 0.0698. The minimum atomic E-state index is -0.581. The highest BCUT2D eigenvalue weighted by Gasteiger charge is 2.34. The highest BCUT2D eigenvalue weighted by Crippen LogP contribution is 2.24. The Balaban J connectivity index is 2.26. The van der Waals surface area contributed by atoms with Crippen LogP contribution in [0.15, 0.2) is 12.1 Å². The van der Waals surface area contributed by atoms with Crippen LogP contribution in [0.2, 0.25) is 10.2 Å². The van der Waals surface area contributed by atoms with Crippen molar-refractivity contribution in [3.05, 3.63) is 28.0 Å². The number of pyridine rings is 1. The van der Waals surface area contributed by atoms with Crippen LogP contribution in [0.5, 0.6) is 0 Å². The molecule has 0 spiro atoms. The Kier molecular flexibility index (Phi) is 5.42. The lowest BCUT2D eigenvalue weighted by molar-refractivity contribution is -0.149. The van der Waals surface area contributed by atoms with Crippen molar-refractivity contribution in [2.75, 3.05) is 13.2 Å². The average molecular weight is 331 g/mol. The van der Waals surface area contributed by atoms with Crippen LogP contribution in [-0.2, 0) is 9.53 Å². The molecule has 0 N–H and O–H groups in total. The zero-order valence-electron chi connectivity index (χ0n) is 11.6. The minimum absolute atomic E-state index is 0.0698. The molecule has 2 heterocycles. The van der Waals surface area contributed by atoms with Crippen molar-refractivity contribution < 1.29 is 14.3 Å². The van der Waals surface area contributed by atoms with Gasteiger partial charge >= 0.3 is 5.97 Å². The van der Waals surface area contributed by atoms with E-state index in [0.29, 0.717) is 13.0 Å². The predicted octanol–water partition coefficient (Wildman–Crippen LogP) is 2.95. The van der Waals surface area contributed by atoms with Crippen LogP contribution in [0, 0.1) is 0 Å². The van der Waals surface area contributed by atoms with Gasteiger partial charge in [0.1, 0.15) is 16.9 Å². The van der Waals surface area contributed by atoms with Crippen molar-refractivity contribution in [2.24, 2.45) is 0 Å². The molecule has 1 unspecified atom stereocenters. The van der Waals surface area contributed by atoms with E-state index >= 15 is 0 Å². The molecule has 0 saturated carbocycles. The number of carbonyl (C=O) groups is 2. The molecular formula is C14H16Cl2N2O3. The third-order valence-electron chi connectivity index (χ3n) is 3.34. The number of rotatable bonds is 3. The normalized spacial score (nSPS) is 18.4. The Labute approximate surface area is 133 Å². The highest BCUT2D eigenvalue weighted by atomic mass is 35.5. The summed E-state index contributed by atoms with van der Waals surface area (Å²) in [6.07, 6.45) is 2.30. The average Bonchev–Trinajstić information content (AvgIpc) is 2.49. The van der Waals surface area contributed by atoms with Gasteiger partial charge in [0.15, 0.2) is 0 Å². The van der Waals surface area contributed by atoms with E-state index in [1.54, 1.807) is 6.92 Å². The lowest BCUT2D eigenvalue weighted by atomic mass is 10.0. The number of piperidine rings is 1. The second kappa shape index (κ2) is 7.09. The highest BCUT2D eigenvalue weighted by molar-refractivity contribution is 6.34. The molecule has 0 aromatic carbocycles. The van der Waals surface area contributed by atoms with Gasteiger partial charge in [-0.05, 0) is 38.3 Å². The number of ether oxygens (including phenoxy) is 1. The maximum atomic E-state index is 12.6. The van der Waals surface area contributed by atoms with Crippen LogP contribution in [-0.4, -0.2) is 41.0 Å². The molecule has 1 atom stereocenters.